The van der Waals surface area contributed by atoms with Crippen molar-refractivity contribution in [1.29, 1.82) is 0 Å². The molecule has 3 aromatic heterocycles. The molecule has 0 saturated heterocycles. The predicted molar refractivity (Wildman–Crippen MR) is 242 cm³/mol. The van der Waals surface area contributed by atoms with Gasteiger partial charge in [0.05, 0.1) is 22.1 Å². The molecule has 0 bridgehead atoms. The van der Waals surface area contributed by atoms with Crippen LogP contribution in [-0.2, 0) is 12.5 Å². The van der Waals surface area contributed by atoms with Crippen molar-refractivity contribution in [2.24, 2.45) is 7.05 Å². The van der Waals surface area contributed by atoms with Gasteiger partial charge in [0.2, 0.25) is 0 Å². The first-order valence-corrected chi connectivity index (χ1v) is 21.9. The van der Waals surface area contributed by atoms with Gasteiger partial charge in [0.15, 0.2) is 8.07 Å². The molecule has 0 unspecified atom stereocenters. The van der Waals surface area contributed by atoms with Crippen molar-refractivity contribution >= 4 is 79.0 Å². The highest BCUT2D eigenvalue weighted by Crippen LogP contribution is 2.54. The SMILES string of the molecule is Cn1c(-c2cccc([Si](c3ccccc3)(c3ccccc3)c3cccc(N4c5ncccc5C(C)(C)c5ccc6oc7ccccc7c6c54)c3)c2)nc2ccccc21. The number of hydrogen-bond donors (Lipinski definition) is 0. The van der Waals surface area contributed by atoms with Crippen LogP contribution in [0.15, 0.2) is 193 Å². The molecule has 0 fully saturated rings. The standard InChI is InChI=1S/C52H40N4OSi/c1-52(2)42-30-31-47-48(41-25-10-13-29-46(41)57-47)49(42)56(51-43(52)26-16-32-53-51)36-18-15-24-40(34-36)58(37-19-6-4-7-20-37,38-21-8-5-9-22-38)39-23-14-17-35(33-39)50-54-44-27-11-12-28-45(44)55(50)3/h4-34H,1-3H3. The summed E-state index contributed by atoms with van der Waals surface area (Å²) in [6.45, 7) is 4.63. The number of rotatable bonds is 6. The fourth-order valence-corrected chi connectivity index (χ4v) is 14.5. The van der Waals surface area contributed by atoms with E-state index in [9.17, 15) is 0 Å². The molecule has 4 heterocycles. The number of aryl methyl sites for hydroxylation is 1. The molecule has 0 amide bonds. The smallest absolute Gasteiger partial charge is 0.179 e. The molecule has 1 aliphatic rings. The number of pyridine rings is 1. The highest BCUT2D eigenvalue weighted by molar-refractivity contribution is 7.20. The minimum absolute atomic E-state index is 0.303. The number of anilines is 3. The summed E-state index contributed by atoms with van der Waals surface area (Å²) >= 11 is 0. The fourth-order valence-electron chi connectivity index (χ4n) is 9.65. The summed E-state index contributed by atoms with van der Waals surface area (Å²) in [5.41, 5.74) is 9.24. The van der Waals surface area contributed by atoms with E-state index in [-0.39, 0.29) is 5.41 Å². The van der Waals surface area contributed by atoms with Crippen molar-refractivity contribution in [2.75, 3.05) is 4.90 Å². The zero-order valence-corrected chi connectivity index (χ0v) is 33.6. The lowest BCUT2D eigenvalue weighted by molar-refractivity contribution is 0.627. The Hall–Kier alpha value is -7.02. The molecule has 0 aliphatic carbocycles. The lowest BCUT2D eigenvalue weighted by Crippen LogP contribution is -2.74. The summed E-state index contributed by atoms with van der Waals surface area (Å²) in [6.07, 6.45) is 1.92. The lowest BCUT2D eigenvalue weighted by atomic mass is 9.74. The Balaban J connectivity index is 1.21. The van der Waals surface area contributed by atoms with Crippen molar-refractivity contribution in [1.82, 2.24) is 14.5 Å². The van der Waals surface area contributed by atoms with Gasteiger partial charge in [-0.3, -0.25) is 4.90 Å². The van der Waals surface area contributed by atoms with Gasteiger partial charge in [-0.1, -0.05) is 153 Å². The van der Waals surface area contributed by atoms with Gasteiger partial charge >= 0.3 is 0 Å². The zero-order valence-electron chi connectivity index (χ0n) is 32.6. The van der Waals surface area contributed by atoms with Crippen LogP contribution < -0.4 is 25.6 Å². The highest BCUT2D eigenvalue weighted by Gasteiger charge is 2.44. The normalized spacial score (nSPS) is 13.5. The molecular weight excluding hydrogens is 725 g/mol. The van der Waals surface area contributed by atoms with E-state index < -0.39 is 8.07 Å². The number of furan rings is 1. The molecule has 0 radical (unpaired) electrons. The molecule has 6 heteroatoms. The first-order chi connectivity index (χ1) is 28.4. The van der Waals surface area contributed by atoms with Gasteiger partial charge in [0.1, 0.15) is 22.8 Å². The molecule has 0 N–H and O–H groups in total. The minimum atomic E-state index is -3.01. The average molecular weight is 765 g/mol. The molecule has 0 atom stereocenters. The third-order valence-electron chi connectivity index (χ3n) is 12.4. The number of nitrogens with zero attached hydrogens (tertiary/aromatic N) is 4. The first kappa shape index (κ1) is 34.2. The minimum Gasteiger partial charge on any atom is -0.456 e. The fraction of sp³-hybridized carbons (Fsp3) is 0.0769. The zero-order chi connectivity index (χ0) is 39.0. The Labute approximate surface area is 338 Å². The quantitative estimate of drug-likeness (QED) is 0.125. The summed E-state index contributed by atoms with van der Waals surface area (Å²) in [5.74, 6) is 1.89. The number of hydrogen-bond acceptors (Lipinski definition) is 4. The summed E-state index contributed by atoms with van der Waals surface area (Å²) in [7, 11) is -0.899. The van der Waals surface area contributed by atoms with Crippen molar-refractivity contribution < 1.29 is 4.42 Å². The monoisotopic (exact) mass is 764 g/mol. The van der Waals surface area contributed by atoms with Gasteiger partial charge in [-0.2, -0.15) is 0 Å². The Morgan fingerprint density at radius 1 is 0.569 bits per heavy atom. The van der Waals surface area contributed by atoms with Gasteiger partial charge in [-0.25, -0.2) is 9.97 Å². The average Bonchev–Trinajstić information content (AvgIpc) is 3.83. The van der Waals surface area contributed by atoms with Crippen LogP contribution in [-0.4, -0.2) is 22.6 Å². The van der Waals surface area contributed by atoms with E-state index in [1.165, 1.54) is 31.9 Å². The third kappa shape index (κ3) is 4.95. The maximum absolute atomic E-state index is 6.54. The van der Waals surface area contributed by atoms with Gasteiger partial charge < -0.3 is 8.98 Å². The topological polar surface area (TPSA) is 47.1 Å². The second-order valence-corrected chi connectivity index (χ2v) is 19.7. The van der Waals surface area contributed by atoms with Crippen LogP contribution in [0, 0.1) is 0 Å². The lowest BCUT2D eigenvalue weighted by Gasteiger charge is -2.42. The van der Waals surface area contributed by atoms with E-state index >= 15 is 0 Å². The maximum Gasteiger partial charge on any atom is 0.179 e. The van der Waals surface area contributed by atoms with E-state index in [1.54, 1.807) is 0 Å². The van der Waals surface area contributed by atoms with E-state index in [1.807, 2.05) is 12.3 Å². The highest BCUT2D eigenvalue weighted by atomic mass is 28.3. The Morgan fingerprint density at radius 3 is 2.02 bits per heavy atom. The van der Waals surface area contributed by atoms with Crippen LogP contribution in [0.3, 0.4) is 0 Å². The van der Waals surface area contributed by atoms with Crippen LogP contribution in [0.5, 0.6) is 0 Å². The number of imidazole rings is 1. The van der Waals surface area contributed by atoms with Gasteiger partial charge in [0, 0.05) is 40.9 Å². The van der Waals surface area contributed by atoms with Crippen molar-refractivity contribution in [3.05, 3.63) is 199 Å². The number of aromatic nitrogens is 3. The van der Waals surface area contributed by atoms with E-state index in [0.717, 1.165) is 61.6 Å². The Bertz CT molecular complexity index is 3140. The van der Waals surface area contributed by atoms with E-state index in [2.05, 4.69) is 206 Å². The van der Waals surface area contributed by atoms with E-state index in [0.29, 0.717) is 0 Å². The number of para-hydroxylation sites is 3. The van der Waals surface area contributed by atoms with Crippen LogP contribution in [0.25, 0.3) is 44.4 Å². The molecule has 5 nitrogen and oxygen atoms in total. The number of benzene rings is 7. The predicted octanol–water partition coefficient (Wildman–Crippen LogP) is 10.0. The van der Waals surface area contributed by atoms with Gasteiger partial charge in [-0.15, -0.1) is 0 Å². The largest absolute Gasteiger partial charge is 0.456 e. The first-order valence-electron chi connectivity index (χ1n) is 19.9. The van der Waals surface area contributed by atoms with E-state index in [4.69, 9.17) is 14.4 Å². The molecular formula is C52H40N4OSi. The van der Waals surface area contributed by atoms with Crippen LogP contribution in [0.4, 0.5) is 17.2 Å². The second kappa shape index (κ2) is 13.0. The van der Waals surface area contributed by atoms with Crippen LogP contribution >= 0.6 is 0 Å². The van der Waals surface area contributed by atoms with Crippen LogP contribution in [0.2, 0.25) is 0 Å². The second-order valence-electron chi connectivity index (χ2n) is 15.9. The van der Waals surface area contributed by atoms with Gasteiger partial charge in [-0.05, 0) is 68.8 Å². The van der Waals surface area contributed by atoms with Crippen molar-refractivity contribution in [2.45, 2.75) is 19.3 Å². The molecule has 7 aromatic carbocycles. The summed E-state index contributed by atoms with van der Waals surface area (Å²) in [5, 5.41) is 7.38. The molecule has 0 saturated carbocycles. The molecule has 278 valence electrons. The van der Waals surface area contributed by atoms with Crippen molar-refractivity contribution in [3.63, 3.8) is 0 Å². The Kier molecular flexibility index (Phi) is 7.68. The summed E-state index contributed by atoms with van der Waals surface area (Å²) in [4.78, 5) is 12.7. The summed E-state index contributed by atoms with van der Waals surface area (Å²) in [6, 6.07) is 66.1. The summed E-state index contributed by atoms with van der Waals surface area (Å²) < 4.78 is 8.75. The molecule has 1 aliphatic heterocycles. The molecule has 58 heavy (non-hydrogen) atoms. The van der Waals surface area contributed by atoms with Gasteiger partial charge in [0.25, 0.3) is 0 Å². The maximum atomic E-state index is 6.54. The number of fused-ring (bicyclic) bond motifs is 7. The molecule has 0 spiro atoms. The Morgan fingerprint density at radius 2 is 1.24 bits per heavy atom. The third-order valence-corrected chi connectivity index (χ3v) is 17.1. The van der Waals surface area contributed by atoms with Crippen LogP contribution in [0.1, 0.15) is 25.0 Å². The molecule has 11 rings (SSSR count). The molecule has 10 aromatic rings. The van der Waals surface area contributed by atoms with Crippen molar-refractivity contribution in [3.8, 4) is 11.4 Å².